The molecule has 0 aliphatic carbocycles. The molecule has 0 saturated heterocycles. The lowest BCUT2D eigenvalue weighted by Gasteiger charge is -2.19. The number of fused-ring (bicyclic) bond motifs is 1. The maximum absolute atomic E-state index is 11.7. The van der Waals surface area contributed by atoms with E-state index in [-0.39, 0.29) is 0 Å². The van der Waals surface area contributed by atoms with Gasteiger partial charge in [0.2, 0.25) is 0 Å². The molecule has 0 aliphatic heterocycles. The first-order chi connectivity index (χ1) is 11.7. The lowest BCUT2D eigenvalue weighted by molar-refractivity contribution is 0.0526. The fourth-order valence-electron chi connectivity index (χ4n) is 2.33. The third-order valence-electron chi connectivity index (χ3n) is 3.26. The number of hydrogen-bond donors (Lipinski definition) is 1. The molecule has 0 bridgehead atoms. The van der Waals surface area contributed by atoms with Gasteiger partial charge in [0.1, 0.15) is 17.6 Å². The van der Waals surface area contributed by atoms with Crippen molar-refractivity contribution in [2.75, 3.05) is 20.6 Å². The zero-order valence-electron chi connectivity index (χ0n) is 15.7. The zero-order chi connectivity index (χ0) is 18.6. The summed E-state index contributed by atoms with van der Waals surface area (Å²) in [6.07, 6.45) is 4.78. The van der Waals surface area contributed by atoms with E-state index >= 15 is 0 Å². The van der Waals surface area contributed by atoms with E-state index in [9.17, 15) is 4.79 Å². The average Bonchev–Trinajstić information content (AvgIpc) is 2.80. The number of amides is 1. The van der Waals surface area contributed by atoms with Crippen LogP contribution < -0.4 is 5.32 Å². The minimum absolute atomic E-state index is 0.424. The summed E-state index contributed by atoms with van der Waals surface area (Å²) in [5.41, 5.74) is 1.33. The molecule has 0 radical (unpaired) electrons. The molecule has 1 amide bonds. The standard InChI is InChI=1S/C17H26N6O2/c1-12-9-23(8-7-18-16(24)25-17(2,3)4)15-13(12)14(19-10-20-15)21-11-22(5)6/h9-11H,7-8H2,1-6H3,(H,18,24). The summed E-state index contributed by atoms with van der Waals surface area (Å²) in [5.74, 6) is 0.634. The summed E-state index contributed by atoms with van der Waals surface area (Å²) < 4.78 is 7.22. The van der Waals surface area contributed by atoms with Crippen molar-refractivity contribution in [1.29, 1.82) is 0 Å². The normalized spacial score (nSPS) is 11.9. The van der Waals surface area contributed by atoms with Crippen LogP contribution in [-0.2, 0) is 11.3 Å². The summed E-state index contributed by atoms with van der Waals surface area (Å²) in [5, 5.41) is 3.67. The van der Waals surface area contributed by atoms with Gasteiger partial charge in [-0.25, -0.2) is 19.8 Å². The first-order valence-corrected chi connectivity index (χ1v) is 8.15. The SMILES string of the molecule is Cc1cn(CCNC(=O)OC(C)(C)C)c2ncnc(N=CN(C)C)c12. The Kier molecular flexibility index (Phi) is 5.61. The zero-order valence-corrected chi connectivity index (χ0v) is 15.7. The second-order valence-corrected chi connectivity index (χ2v) is 7.04. The highest BCUT2D eigenvalue weighted by molar-refractivity contribution is 5.90. The van der Waals surface area contributed by atoms with E-state index in [2.05, 4.69) is 20.3 Å². The Balaban J connectivity index is 2.12. The van der Waals surface area contributed by atoms with Gasteiger partial charge in [-0.05, 0) is 33.3 Å². The van der Waals surface area contributed by atoms with E-state index in [1.165, 1.54) is 6.33 Å². The predicted octanol–water partition coefficient (Wildman–Crippen LogP) is 2.49. The van der Waals surface area contributed by atoms with Gasteiger partial charge in [0.05, 0.1) is 11.7 Å². The van der Waals surface area contributed by atoms with Crippen LogP contribution in [0.2, 0.25) is 0 Å². The van der Waals surface area contributed by atoms with Crippen molar-refractivity contribution in [2.45, 2.75) is 39.8 Å². The highest BCUT2D eigenvalue weighted by atomic mass is 16.6. The van der Waals surface area contributed by atoms with Gasteiger partial charge in [0.15, 0.2) is 5.82 Å². The number of carbonyl (C=O) groups is 1. The van der Waals surface area contributed by atoms with Gasteiger partial charge in [-0.3, -0.25) is 0 Å². The molecule has 2 aromatic rings. The maximum atomic E-state index is 11.7. The molecule has 0 atom stereocenters. The van der Waals surface area contributed by atoms with Crippen LogP contribution in [0.4, 0.5) is 10.6 Å². The van der Waals surface area contributed by atoms with Crippen molar-refractivity contribution >= 4 is 29.3 Å². The smallest absolute Gasteiger partial charge is 0.407 e. The fraction of sp³-hybridized carbons (Fsp3) is 0.529. The molecule has 0 unspecified atom stereocenters. The summed E-state index contributed by atoms with van der Waals surface area (Å²) in [6, 6.07) is 0. The van der Waals surface area contributed by atoms with Crippen LogP contribution in [0.3, 0.4) is 0 Å². The molecule has 25 heavy (non-hydrogen) atoms. The van der Waals surface area contributed by atoms with E-state index in [1.807, 2.05) is 57.5 Å². The monoisotopic (exact) mass is 346 g/mol. The lowest BCUT2D eigenvalue weighted by Crippen LogP contribution is -2.34. The second kappa shape index (κ2) is 7.50. The van der Waals surface area contributed by atoms with Crippen LogP contribution in [0.1, 0.15) is 26.3 Å². The molecule has 1 N–H and O–H groups in total. The summed E-state index contributed by atoms with van der Waals surface area (Å²) >= 11 is 0. The lowest BCUT2D eigenvalue weighted by atomic mass is 10.2. The summed E-state index contributed by atoms with van der Waals surface area (Å²) in [7, 11) is 3.81. The van der Waals surface area contributed by atoms with Gasteiger partial charge in [0, 0.05) is 33.4 Å². The van der Waals surface area contributed by atoms with Gasteiger partial charge in [0.25, 0.3) is 0 Å². The first kappa shape index (κ1) is 18.7. The number of rotatable bonds is 5. The Morgan fingerprint density at radius 1 is 1.40 bits per heavy atom. The van der Waals surface area contributed by atoms with Crippen molar-refractivity contribution in [1.82, 2.24) is 24.8 Å². The Hall–Kier alpha value is -2.64. The summed E-state index contributed by atoms with van der Waals surface area (Å²) in [4.78, 5) is 26.6. The molecular weight excluding hydrogens is 320 g/mol. The number of hydrogen-bond acceptors (Lipinski definition) is 5. The van der Waals surface area contributed by atoms with Crippen LogP contribution in [0.25, 0.3) is 11.0 Å². The highest BCUT2D eigenvalue weighted by Crippen LogP contribution is 2.26. The van der Waals surface area contributed by atoms with Crippen LogP contribution in [0.15, 0.2) is 17.5 Å². The molecule has 0 saturated carbocycles. The third kappa shape index (κ3) is 5.17. The largest absolute Gasteiger partial charge is 0.444 e. The van der Waals surface area contributed by atoms with Gasteiger partial charge in [-0.15, -0.1) is 0 Å². The first-order valence-electron chi connectivity index (χ1n) is 8.15. The molecule has 0 aliphatic rings. The quantitative estimate of drug-likeness (QED) is 0.664. The van der Waals surface area contributed by atoms with E-state index < -0.39 is 11.7 Å². The van der Waals surface area contributed by atoms with Crippen LogP contribution in [0, 0.1) is 6.92 Å². The van der Waals surface area contributed by atoms with Gasteiger partial charge in [-0.2, -0.15) is 0 Å². The molecular formula is C17H26N6O2. The molecule has 2 aromatic heterocycles. The van der Waals surface area contributed by atoms with Crippen LogP contribution >= 0.6 is 0 Å². The number of nitrogens with one attached hydrogen (secondary N) is 1. The number of ether oxygens (including phenoxy) is 1. The molecule has 8 heteroatoms. The number of nitrogens with zero attached hydrogens (tertiary/aromatic N) is 5. The number of carbonyl (C=O) groups excluding carboxylic acids is 1. The summed E-state index contributed by atoms with van der Waals surface area (Å²) in [6.45, 7) is 8.53. The van der Waals surface area contributed by atoms with Crippen molar-refractivity contribution < 1.29 is 9.53 Å². The molecule has 0 aromatic carbocycles. The molecule has 136 valence electrons. The topological polar surface area (TPSA) is 84.6 Å². The Morgan fingerprint density at radius 3 is 2.76 bits per heavy atom. The average molecular weight is 346 g/mol. The number of aliphatic imine (C=N–C) groups is 1. The highest BCUT2D eigenvalue weighted by Gasteiger charge is 2.16. The predicted molar refractivity (Wildman–Crippen MR) is 98.3 cm³/mol. The maximum Gasteiger partial charge on any atom is 0.407 e. The molecule has 8 nitrogen and oxygen atoms in total. The van der Waals surface area contributed by atoms with Gasteiger partial charge < -0.3 is 19.5 Å². The Bertz CT molecular complexity index is 773. The van der Waals surface area contributed by atoms with E-state index in [0.29, 0.717) is 18.9 Å². The Morgan fingerprint density at radius 2 is 2.12 bits per heavy atom. The number of alkyl carbamates (subject to hydrolysis) is 1. The van der Waals surface area contributed by atoms with Crippen LogP contribution in [-0.4, -0.2) is 58.1 Å². The van der Waals surface area contributed by atoms with Crippen molar-refractivity contribution in [3.8, 4) is 0 Å². The van der Waals surface area contributed by atoms with Crippen LogP contribution in [0.5, 0.6) is 0 Å². The van der Waals surface area contributed by atoms with Gasteiger partial charge in [-0.1, -0.05) is 0 Å². The van der Waals surface area contributed by atoms with Crippen molar-refractivity contribution in [3.05, 3.63) is 18.1 Å². The van der Waals surface area contributed by atoms with Crippen molar-refractivity contribution in [2.24, 2.45) is 4.99 Å². The van der Waals surface area contributed by atoms with E-state index in [1.54, 1.807) is 6.34 Å². The molecule has 0 fully saturated rings. The molecule has 2 heterocycles. The fourth-order valence-corrected chi connectivity index (χ4v) is 2.33. The Labute approximate surface area is 147 Å². The van der Waals surface area contributed by atoms with Crippen molar-refractivity contribution in [3.63, 3.8) is 0 Å². The minimum atomic E-state index is -0.507. The molecule has 0 spiro atoms. The third-order valence-corrected chi connectivity index (χ3v) is 3.26. The van der Waals surface area contributed by atoms with E-state index in [4.69, 9.17) is 4.74 Å². The molecule has 2 rings (SSSR count). The number of aromatic nitrogens is 3. The number of aryl methyl sites for hydroxylation is 1. The van der Waals surface area contributed by atoms with Gasteiger partial charge >= 0.3 is 6.09 Å². The minimum Gasteiger partial charge on any atom is -0.444 e. The second-order valence-electron chi connectivity index (χ2n) is 7.04. The van der Waals surface area contributed by atoms with E-state index in [0.717, 1.165) is 16.6 Å².